The van der Waals surface area contributed by atoms with Gasteiger partial charge in [0.05, 0.1) is 7.11 Å². The molecule has 0 N–H and O–H groups in total. The summed E-state index contributed by atoms with van der Waals surface area (Å²) in [7, 11) is 5.17. The molecule has 82 valence electrons. The zero-order valence-corrected chi connectivity index (χ0v) is 10.4. The Labute approximate surface area is 99.5 Å². The first-order valence-electron chi connectivity index (χ1n) is 4.27. The monoisotopic (exact) mass is 245 g/mol. The minimum atomic E-state index is 0.371. The summed E-state index contributed by atoms with van der Waals surface area (Å²) < 4.78 is 10.5. The van der Waals surface area contributed by atoms with Gasteiger partial charge in [0.2, 0.25) is 0 Å². The third kappa shape index (κ3) is 3.25. The van der Waals surface area contributed by atoms with E-state index in [1.165, 1.54) is 0 Å². The van der Waals surface area contributed by atoms with E-state index in [1.807, 2.05) is 14.1 Å². The number of hydrogen-bond acceptors (Lipinski definition) is 3. The highest BCUT2D eigenvalue weighted by molar-refractivity contribution is 7.80. The van der Waals surface area contributed by atoms with E-state index in [0.717, 1.165) is 0 Å². The molecule has 0 fully saturated rings. The van der Waals surface area contributed by atoms with Gasteiger partial charge in [-0.15, -0.1) is 0 Å². The second kappa shape index (κ2) is 5.19. The molecule has 1 aromatic carbocycles. The minimum Gasteiger partial charge on any atom is -0.493 e. The van der Waals surface area contributed by atoms with Gasteiger partial charge in [0.15, 0.2) is 11.5 Å². The average Bonchev–Trinajstić information content (AvgIpc) is 2.20. The lowest BCUT2D eigenvalue weighted by atomic mass is 10.3. The predicted molar refractivity (Wildman–Crippen MR) is 64.9 cm³/mol. The molecule has 0 atom stereocenters. The van der Waals surface area contributed by atoms with Crippen LogP contribution in [0.1, 0.15) is 0 Å². The van der Waals surface area contributed by atoms with Crippen molar-refractivity contribution in [1.29, 1.82) is 0 Å². The van der Waals surface area contributed by atoms with Crippen molar-refractivity contribution < 1.29 is 9.47 Å². The highest BCUT2D eigenvalue weighted by Gasteiger charge is 2.08. The van der Waals surface area contributed by atoms with Crippen molar-refractivity contribution in [2.75, 3.05) is 21.2 Å². The molecule has 1 rings (SSSR count). The maximum atomic E-state index is 5.82. The van der Waals surface area contributed by atoms with Gasteiger partial charge >= 0.3 is 0 Å². The minimum absolute atomic E-state index is 0.371. The molecule has 0 spiro atoms. The van der Waals surface area contributed by atoms with E-state index in [0.29, 0.717) is 21.7 Å². The van der Waals surface area contributed by atoms with E-state index in [-0.39, 0.29) is 0 Å². The zero-order chi connectivity index (χ0) is 11.4. The molecule has 1 aromatic rings. The Morgan fingerprint density at radius 1 is 1.33 bits per heavy atom. The fourth-order valence-corrected chi connectivity index (χ4v) is 1.16. The van der Waals surface area contributed by atoms with Gasteiger partial charge in [0.1, 0.15) is 0 Å². The summed E-state index contributed by atoms with van der Waals surface area (Å²) in [4.78, 5) is 1.70. The third-order valence-electron chi connectivity index (χ3n) is 1.69. The van der Waals surface area contributed by atoms with E-state index in [2.05, 4.69) is 0 Å². The van der Waals surface area contributed by atoms with E-state index < -0.39 is 0 Å². The molecule has 0 unspecified atom stereocenters. The molecule has 0 radical (unpaired) electrons. The number of hydrogen-bond donors (Lipinski definition) is 0. The number of methoxy groups -OCH3 is 1. The molecule has 15 heavy (non-hydrogen) atoms. The van der Waals surface area contributed by atoms with Crippen molar-refractivity contribution in [1.82, 2.24) is 4.90 Å². The third-order valence-corrected chi connectivity index (χ3v) is 2.37. The quantitative estimate of drug-likeness (QED) is 0.747. The number of rotatable bonds is 2. The van der Waals surface area contributed by atoms with Crippen LogP contribution in [0.15, 0.2) is 18.2 Å². The first kappa shape index (κ1) is 12.1. The van der Waals surface area contributed by atoms with Gasteiger partial charge in [-0.05, 0) is 24.4 Å². The molecule has 0 heterocycles. The molecule has 0 saturated heterocycles. The Bertz CT molecular complexity index is 368. The Morgan fingerprint density at radius 3 is 2.53 bits per heavy atom. The van der Waals surface area contributed by atoms with E-state index >= 15 is 0 Å². The van der Waals surface area contributed by atoms with Crippen molar-refractivity contribution in [3.8, 4) is 11.5 Å². The normalized spacial score (nSPS) is 9.60. The van der Waals surface area contributed by atoms with Crippen LogP contribution in [0.25, 0.3) is 0 Å². The van der Waals surface area contributed by atoms with Gasteiger partial charge in [0, 0.05) is 25.2 Å². The van der Waals surface area contributed by atoms with E-state index in [9.17, 15) is 0 Å². The number of thiocarbonyl (C=S) groups is 1. The fourth-order valence-electron chi connectivity index (χ4n) is 0.911. The van der Waals surface area contributed by atoms with Crippen LogP contribution in [-0.4, -0.2) is 31.3 Å². The average molecular weight is 246 g/mol. The summed E-state index contributed by atoms with van der Waals surface area (Å²) in [5, 5.41) is 0.964. The summed E-state index contributed by atoms with van der Waals surface area (Å²) in [5.41, 5.74) is 0. The molecule has 0 aliphatic heterocycles. The standard InChI is InChI=1S/C10H12ClNO2S/c1-12(2)10(15)14-8-5-4-7(11)6-9(8)13-3/h4-6H,1-3H3. The molecule has 0 amide bonds. The Morgan fingerprint density at radius 2 is 2.00 bits per heavy atom. The van der Waals surface area contributed by atoms with Crippen molar-refractivity contribution >= 4 is 29.0 Å². The summed E-state index contributed by atoms with van der Waals surface area (Å²) in [6.07, 6.45) is 0. The van der Waals surface area contributed by atoms with Gasteiger partial charge in [0.25, 0.3) is 5.17 Å². The SMILES string of the molecule is COc1cc(Cl)ccc1OC(=S)N(C)C. The molecular weight excluding hydrogens is 234 g/mol. The van der Waals surface area contributed by atoms with Crippen LogP contribution in [0.2, 0.25) is 5.02 Å². The van der Waals surface area contributed by atoms with Crippen molar-refractivity contribution in [2.24, 2.45) is 0 Å². The van der Waals surface area contributed by atoms with Gasteiger partial charge in [-0.25, -0.2) is 0 Å². The number of halogens is 1. The molecule has 0 saturated carbocycles. The van der Waals surface area contributed by atoms with E-state index in [1.54, 1.807) is 30.2 Å². The fraction of sp³-hybridized carbons (Fsp3) is 0.300. The van der Waals surface area contributed by atoms with Crippen LogP contribution in [0.4, 0.5) is 0 Å². The second-order valence-electron chi connectivity index (χ2n) is 3.06. The number of ether oxygens (including phenoxy) is 2. The van der Waals surface area contributed by atoms with Crippen LogP contribution in [0.5, 0.6) is 11.5 Å². The van der Waals surface area contributed by atoms with Crippen LogP contribution < -0.4 is 9.47 Å². The van der Waals surface area contributed by atoms with Crippen molar-refractivity contribution in [3.63, 3.8) is 0 Å². The molecule has 0 bridgehead atoms. The predicted octanol–water partition coefficient (Wildman–Crippen LogP) is 2.57. The first-order chi connectivity index (χ1) is 7.04. The lowest BCUT2D eigenvalue weighted by Gasteiger charge is -2.15. The van der Waals surface area contributed by atoms with Gasteiger partial charge < -0.3 is 14.4 Å². The summed E-state index contributed by atoms with van der Waals surface area (Å²) >= 11 is 10.8. The van der Waals surface area contributed by atoms with Crippen LogP contribution in [0, 0.1) is 0 Å². The topological polar surface area (TPSA) is 21.7 Å². The summed E-state index contributed by atoms with van der Waals surface area (Å²) in [6, 6.07) is 5.11. The molecule has 3 nitrogen and oxygen atoms in total. The largest absolute Gasteiger partial charge is 0.493 e. The highest BCUT2D eigenvalue weighted by atomic mass is 35.5. The lowest BCUT2D eigenvalue weighted by molar-refractivity contribution is 0.378. The number of nitrogens with zero attached hydrogens (tertiary/aromatic N) is 1. The molecule has 0 aliphatic carbocycles. The van der Waals surface area contributed by atoms with Crippen LogP contribution >= 0.6 is 23.8 Å². The summed E-state index contributed by atoms with van der Waals surface area (Å²) in [5.74, 6) is 1.12. The number of benzene rings is 1. The summed E-state index contributed by atoms with van der Waals surface area (Å²) in [6.45, 7) is 0. The Balaban J connectivity index is 2.89. The van der Waals surface area contributed by atoms with Gasteiger partial charge in [-0.1, -0.05) is 11.6 Å². The van der Waals surface area contributed by atoms with Gasteiger partial charge in [-0.3, -0.25) is 0 Å². The molecular formula is C10H12ClNO2S. The Kier molecular flexibility index (Phi) is 4.17. The molecule has 0 aromatic heterocycles. The zero-order valence-electron chi connectivity index (χ0n) is 8.78. The second-order valence-corrected chi connectivity index (χ2v) is 3.84. The molecule has 0 aliphatic rings. The van der Waals surface area contributed by atoms with Crippen LogP contribution in [0.3, 0.4) is 0 Å². The Hall–Kier alpha value is -1.00. The maximum absolute atomic E-state index is 5.82. The van der Waals surface area contributed by atoms with Crippen LogP contribution in [-0.2, 0) is 0 Å². The van der Waals surface area contributed by atoms with Gasteiger partial charge in [-0.2, -0.15) is 0 Å². The highest BCUT2D eigenvalue weighted by Crippen LogP contribution is 2.30. The van der Waals surface area contributed by atoms with Crippen molar-refractivity contribution in [2.45, 2.75) is 0 Å². The first-order valence-corrected chi connectivity index (χ1v) is 5.06. The lowest BCUT2D eigenvalue weighted by Crippen LogP contribution is -2.25. The smallest absolute Gasteiger partial charge is 0.264 e. The maximum Gasteiger partial charge on any atom is 0.264 e. The van der Waals surface area contributed by atoms with E-state index in [4.69, 9.17) is 33.3 Å². The van der Waals surface area contributed by atoms with Crippen molar-refractivity contribution in [3.05, 3.63) is 23.2 Å². The molecule has 5 heteroatoms.